The Bertz CT molecular complexity index is 355. The van der Waals surface area contributed by atoms with Crippen LogP contribution in [0.25, 0.3) is 0 Å². The number of hydrogen-bond donors (Lipinski definition) is 6. The highest BCUT2D eigenvalue weighted by Gasteiger charge is 2.52. The molecule has 0 saturated carbocycles. The topological polar surface area (TPSA) is 139 Å². The molecule has 0 radical (unpaired) electrons. The number of carboxylic acids is 1. The Labute approximate surface area is 136 Å². The van der Waals surface area contributed by atoms with Gasteiger partial charge in [0.05, 0.1) is 6.61 Å². The van der Waals surface area contributed by atoms with Crippen LogP contribution in [0, 0.1) is 0 Å². The van der Waals surface area contributed by atoms with Crippen molar-refractivity contribution in [2.75, 3.05) is 19.7 Å². The molecule has 8 heteroatoms. The normalized spacial score (nSPS) is 30.7. The molecule has 1 aliphatic rings. The van der Waals surface area contributed by atoms with Crippen molar-refractivity contribution >= 4 is 5.97 Å². The lowest BCUT2D eigenvalue weighted by atomic mass is 10.1. The fourth-order valence-corrected chi connectivity index (χ4v) is 2.64. The van der Waals surface area contributed by atoms with Gasteiger partial charge in [-0.1, -0.05) is 25.7 Å². The monoisotopic (exact) mass is 335 g/mol. The number of hydrogen-bond acceptors (Lipinski definition) is 7. The maximum Gasteiger partial charge on any atom is 0.303 e. The van der Waals surface area contributed by atoms with E-state index < -0.39 is 36.7 Å². The molecule has 1 saturated heterocycles. The van der Waals surface area contributed by atoms with E-state index >= 15 is 0 Å². The molecular formula is C15H29NO7. The van der Waals surface area contributed by atoms with E-state index in [1.165, 1.54) is 0 Å². The van der Waals surface area contributed by atoms with Crippen LogP contribution in [0.4, 0.5) is 0 Å². The van der Waals surface area contributed by atoms with Crippen LogP contribution < -0.4 is 5.32 Å². The van der Waals surface area contributed by atoms with Crippen LogP contribution in [0.5, 0.6) is 0 Å². The van der Waals surface area contributed by atoms with E-state index in [1.807, 2.05) is 0 Å². The van der Waals surface area contributed by atoms with E-state index in [4.69, 9.17) is 14.9 Å². The van der Waals surface area contributed by atoms with Crippen molar-refractivity contribution < 1.29 is 35.1 Å². The lowest BCUT2D eigenvalue weighted by molar-refractivity contribution is -0.245. The van der Waals surface area contributed by atoms with Crippen LogP contribution >= 0.6 is 0 Å². The van der Waals surface area contributed by atoms with Gasteiger partial charge in [0.2, 0.25) is 5.79 Å². The van der Waals surface area contributed by atoms with Gasteiger partial charge in [0.15, 0.2) is 0 Å². The van der Waals surface area contributed by atoms with Crippen LogP contribution in [0.2, 0.25) is 0 Å². The van der Waals surface area contributed by atoms with E-state index in [9.17, 15) is 20.1 Å². The Morgan fingerprint density at radius 3 is 2.26 bits per heavy atom. The summed E-state index contributed by atoms with van der Waals surface area (Å²) < 4.78 is 5.11. The SMILES string of the molecule is O=C(O)CCCCCCCCNC[C@@H]1O[C@](O)(CO)[C@@H](O)[C@@H]1O. The molecule has 0 bridgehead atoms. The third-order valence-corrected chi connectivity index (χ3v) is 4.09. The molecule has 0 aliphatic carbocycles. The summed E-state index contributed by atoms with van der Waals surface area (Å²) in [5.74, 6) is -2.84. The number of carboxylic acid groups (broad SMARTS) is 1. The second-order valence-corrected chi connectivity index (χ2v) is 6.06. The average molecular weight is 335 g/mol. The van der Waals surface area contributed by atoms with Crippen molar-refractivity contribution in [3.63, 3.8) is 0 Å². The lowest BCUT2D eigenvalue weighted by Gasteiger charge is -2.22. The molecule has 1 rings (SSSR count). The first-order valence-corrected chi connectivity index (χ1v) is 8.20. The smallest absolute Gasteiger partial charge is 0.303 e. The van der Waals surface area contributed by atoms with Crippen LogP contribution in [0.1, 0.15) is 44.9 Å². The van der Waals surface area contributed by atoms with Crippen molar-refractivity contribution in [2.45, 2.75) is 69.0 Å². The molecule has 1 aliphatic heterocycles. The highest BCUT2D eigenvalue weighted by molar-refractivity contribution is 5.66. The summed E-state index contributed by atoms with van der Waals surface area (Å²) in [6.45, 7) is 0.220. The fraction of sp³-hybridized carbons (Fsp3) is 0.933. The summed E-state index contributed by atoms with van der Waals surface area (Å²) in [7, 11) is 0. The molecule has 0 unspecified atom stereocenters. The predicted octanol–water partition coefficient (Wildman–Crippen LogP) is -0.807. The van der Waals surface area contributed by atoms with Crippen molar-refractivity contribution in [1.82, 2.24) is 5.32 Å². The number of ether oxygens (including phenoxy) is 1. The van der Waals surface area contributed by atoms with E-state index in [1.54, 1.807) is 0 Å². The largest absolute Gasteiger partial charge is 0.481 e. The first kappa shape index (κ1) is 20.3. The zero-order chi connectivity index (χ0) is 17.3. The van der Waals surface area contributed by atoms with Gasteiger partial charge in [-0.2, -0.15) is 0 Å². The Morgan fingerprint density at radius 2 is 1.70 bits per heavy atom. The van der Waals surface area contributed by atoms with E-state index in [0.29, 0.717) is 0 Å². The van der Waals surface area contributed by atoms with Crippen LogP contribution in [0.3, 0.4) is 0 Å². The second-order valence-electron chi connectivity index (χ2n) is 6.06. The standard InChI is InChI=1S/C15H29NO7/c17-10-15(22)14(21)13(20)11(23-15)9-16-8-6-4-2-1-3-5-7-12(18)19/h11,13-14,16-17,20-22H,1-10H2,(H,18,19)/t11-,13+,14-,15+/m0/s1. The second kappa shape index (κ2) is 10.2. The highest BCUT2D eigenvalue weighted by atomic mass is 16.7. The summed E-state index contributed by atoms with van der Waals surface area (Å²) in [5.41, 5.74) is 0. The number of unbranched alkanes of at least 4 members (excludes halogenated alkanes) is 5. The van der Waals surface area contributed by atoms with Crippen molar-refractivity contribution in [3.8, 4) is 0 Å². The fourth-order valence-electron chi connectivity index (χ4n) is 2.64. The molecule has 6 N–H and O–H groups in total. The minimum absolute atomic E-state index is 0.233. The molecule has 4 atom stereocenters. The number of rotatable bonds is 12. The summed E-state index contributed by atoms with van der Waals surface area (Å²) in [4.78, 5) is 10.3. The van der Waals surface area contributed by atoms with Gasteiger partial charge in [0, 0.05) is 13.0 Å². The third kappa shape index (κ3) is 6.70. The molecule has 1 heterocycles. The number of aliphatic hydroxyl groups is 4. The molecule has 23 heavy (non-hydrogen) atoms. The van der Waals surface area contributed by atoms with Gasteiger partial charge in [-0.15, -0.1) is 0 Å². The number of nitrogens with one attached hydrogen (secondary N) is 1. The number of aliphatic hydroxyl groups excluding tert-OH is 3. The quantitative estimate of drug-likeness (QED) is 0.255. The molecule has 0 aromatic rings. The number of aliphatic carboxylic acids is 1. The van der Waals surface area contributed by atoms with Crippen molar-refractivity contribution in [3.05, 3.63) is 0 Å². The minimum Gasteiger partial charge on any atom is -0.481 e. The van der Waals surface area contributed by atoms with Crippen LogP contribution in [-0.2, 0) is 9.53 Å². The van der Waals surface area contributed by atoms with Crippen molar-refractivity contribution in [2.24, 2.45) is 0 Å². The highest BCUT2D eigenvalue weighted by Crippen LogP contribution is 2.28. The van der Waals surface area contributed by atoms with Crippen LogP contribution in [0.15, 0.2) is 0 Å². The number of carbonyl (C=O) groups is 1. The third-order valence-electron chi connectivity index (χ3n) is 4.09. The Balaban J connectivity index is 2.00. The van der Waals surface area contributed by atoms with E-state index in [0.717, 1.165) is 45.1 Å². The van der Waals surface area contributed by atoms with Gasteiger partial charge in [-0.25, -0.2) is 0 Å². The Kier molecular flexibility index (Phi) is 8.96. The van der Waals surface area contributed by atoms with Gasteiger partial charge in [-0.05, 0) is 19.4 Å². The molecule has 8 nitrogen and oxygen atoms in total. The molecular weight excluding hydrogens is 306 g/mol. The van der Waals surface area contributed by atoms with Crippen molar-refractivity contribution in [1.29, 1.82) is 0 Å². The van der Waals surface area contributed by atoms with Gasteiger partial charge in [0.1, 0.15) is 18.3 Å². The van der Waals surface area contributed by atoms with Crippen LogP contribution in [-0.4, -0.2) is 75.3 Å². The molecule has 136 valence electrons. The average Bonchev–Trinajstić information content (AvgIpc) is 2.74. The summed E-state index contributed by atoms with van der Waals surface area (Å²) >= 11 is 0. The molecule has 0 aromatic carbocycles. The zero-order valence-corrected chi connectivity index (χ0v) is 13.4. The van der Waals surface area contributed by atoms with Gasteiger partial charge < -0.3 is 35.6 Å². The Morgan fingerprint density at radius 1 is 1.09 bits per heavy atom. The van der Waals surface area contributed by atoms with Gasteiger partial charge >= 0.3 is 5.97 Å². The molecule has 1 fully saturated rings. The first-order chi connectivity index (χ1) is 10.9. The van der Waals surface area contributed by atoms with Gasteiger partial charge in [0.25, 0.3) is 0 Å². The Hall–Kier alpha value is -0.770. The molecule has 0 aromatic heterocycles. The molecule has 0 spiro atoms. The molecule has 0 amide bonds. The minimum atomic E-state index is -2.10. The van der Waals surface area contributed by atoms with E-state index in [2.05, 4.69) is 5.32 Å². The summed E-state index contributed by atoms with van der Waals surface area (Å²) in [6, 6.07) is 0. The zero-order valence-electron chi connectivity index (χ0n) is 13.4. The summed E-state index contributed by atoms with van der Waals surface area (Å²) in [6.07, 6.45) is 2.39. The van der Waals surface area contributed by atoms with Gasteiger partial charge in [-0.3, -0.25) is 4.79 Å². The van der Waals surface area contributed by atoms with E-state index in [-0.39, 0.29) is 13.0 Å². The predicted molar refractivity (Wildman–Crippen MR) is 81.7 cm³/mol. The maximum absolute atomic E-state index is 10.3. The maximum atomic E-state index is 10.3. The first-order valence-electron chi connectivity index (χ1n) is 8.20. The summed E-state index contributed by atoms with van der Waals surface area (Å²) in [5, 5.41) is 49.7. The lowest BCUT2D eigenvalue weighted by Crippen LogP contribution is -2.46.